The van der Waals surface area contributed by atoms with Crippen LogP contribution in [-0.2, 0) is 28.8 Å². The van der Waals surface area contributed by atoms with Crippen LogP contribution in [0.4, 0.5) is 40.3 Å². The topological polar surface area (TPSA) is 272 Å². The van der Waals surface area contributed by atoms with Crippen molar-refractivity contribution in [2.24, 2.45) is 35.1 Å². The summed E-state index contributed by atoms with van der Waals surface area (Å²) in [4.78, 5) is 78.1. The lowest BCUT2D eigenvalue weighted by Crippen LogP contribution is -2.64. The van der Waals surface area contributed by atoms with Crippen molar-refractivity contribution in [3.8, 4) is 0 Å². The molecule has 2 aliphatic rings. The second-order valence-electron chi connectivity index (χ2n) is 22.1. The zero-order valence-electron chi connectivity index (χ0n) is 47.0. The molecule has 2 saturated heterocycles. The minimum Gasteiger partial charge on any atom is -0.478 e. The van der Waals surface area contributed by atoms with Crippen molar-refractivity contribution in [2.75, 3.05) is 59.7 Å². The Labute approximate surface area is 485 Å². The highest BCUT2D eigenvalue weighted by Gasteiger charge is 2.42. The largest absolute Gasteiger partial charge is 0.478 e. The molecule has 18 nitrogen and oxygen atoms in total. The molecule has 6 atom stereocenters. The maximum atomic E-state index is 13.5. The van der Waals surface area contributed by atoms with Crippen LogP contribution in [0.5, 0.6) is 0 Å². The number of rotatable bonds is 20. The zero-order chi connectivity index (χ0) is 61.6. The van der Waals surface area contributed by atoms with Crippen molar-refractivity contribution < 1.29 is 66.8 Å². The third-order valence-corrected chi connectivity index (χ3v) is 14.8. The molecule has 0 aromatic heterocycles. The van der Waals surface area contributed by atoms with Gasteiger partial charge in [0.05, 0.1) is 46.7 Å². The SMILES string of the molecule is CC(C)[C@H](C[C@H](O)[C@@H](N)CN1CC(=O)N(c2ccccc2Cl)CC1(C)C)C(=O)Nc1ccc(F)c(F)c1.CC(C)[C@H](C[C@H](O)[C@@H](N)CN1CC(=O)N(c2ccccc2Cl)CC1(C)C)C(=O)Nc1ccc(F)c(F)c1.O=C(O)/C=C/C(=O)O. The summed E-state index contributed by atoms with van der Waals surface area (Å²) in [6, 6.07) is 19.2. The lowest BCUT2D eigenvalue weighted by Gasteiger charge is -2.47. The van der Waals surface area contributed by atoms with Crippen molar-refractivity contribution in [2.45, 2.75) is 104 Å². The molecule has 4 aromatic carbocycles. The summed E-state index contributed by atoms with van der Waals surface area (Å²) in [5.74, 6) is -9.29. The minimum absolute atomic E-state index is 0.0717. The second kappa shape index (κ2) is 30.2. The molecular weight excluding hydrogens is 1120 g/mol. The average molecular weight is 1190 g/mol. The van der Waals surface area contributed by atoms with Crippen molar-refractivity contribution in [3.63, 3.8) is 0 Å². The fourth-order valence-electron chi connectivity index (χ4n) is 9.23. The van der Waals surface area contributed by atoms with Crippen molar-refractivity contribution in [1.82, 2.24) is 9.80 Å². The van der Waals surface area contributed by atoms with Crippen LogP contribution in [0.3, 0.4) is 0 Å². The number of para-hydroxylation sites is 2. The van der Waals surface area contributed by atoms with Gasteiger partial charge in [-0.1, -0.05) is 75.2 Å². The fourth-order valence-corrected chi connectivity index (χ4v) is 9.70. The Bertz CT molecular complexity index is 2730. The Morgan fingerprint density at radius 3 is 1.21 bits per heavy atom. The smallest absolute Gasteiger partial charge is 0.328 e. The van der Waals surface area contributed by atoms with E-state index in [1.165, 1.54) is 12.1 Å². The van der Waals surface area contributed by atoms with Gasteiger partial charge in [0.25, 0.3) is 0 Å². The van der Waals surface area contributed by atoms with E-state index >= 15 is 0 Å². The molecule has 0 spiro atoms. The molecule has 6 rings (SSSR count). The summed E-state index contributed by atoms with van der Waals surface area (Å²) in [7, 11) is 0. The maximum Gasteiger partial charge on any atom is 0.328 e. The molecule has 2 aliphatic heterocycles. The molecule has 4 amide bonds. The molecule has 10 N–H and O–H groups in total. The quantitative estimate of drug-likeness (QED) is 0.0310. The van der Waals surface area contributed by atoms with Gasteiger partial charge in [0.2, 0.25) is 23.6 Å². The number of aliphatic hydroxyl groups excluding tert-OH is 2. The Hall–Kier alpha value is -6.50. The number of carboxylic acids is 2. The number of anilines is 4. The molecule has 0 aliphatic carbocycles. The average Bonchev–Trinajstić information content (AvgIpc) is 3.58. The first-order valence-corrected chi connectivity index (χ1v) is 27.1. The van der Waals surface area contributed by atoms with Gasteiger partial charge in [0.15, 0.2) is 23.3 Å². The Morgan fingerprint density at radius 2 is 0.915 bits per heavy atom. The number of amides is 4. The van der Waals surface area contributed by atoms with Crippen LogP contribution >= 0.6 is 23.2 Å². The fraction of sp³-hybridized carbons (Fsp3) is 0.448. The number of carboxylic acid groups (broad SMARTS) is 2. The van der Waals surface area contributed by atoms with Crippen LogP contribution in [0.2, 0.25) is 10.0 Å². The highest BCUT2D eigenvalue weighted by atomic mass is 35.5. The predicted molar refractivity (Wildman–Crippen MR) is 307 cm³/mol. The van der Waals surface area contributed by atoms with Gasteiger partial charge in [-0.3, -0.25) is 29.0 Å². The normalized spacial score (nSPS) is 17.7. The van der Waals surface area contributed by atoms with E-state index < -0.39 is 94.2 Å². The highest BCUT2D eigenvalue weighted by Crippen LogP contribution is 2.34. The molecule has 448 valence electrons. The van der Waals surface area contributed by atoms with Crippen LogP contribution in [0.25, 0.3) is 0 Å². The Morgan fingerprint density at radius 1 is 0.585 bits per heavy atom. The summed E-state index contributed by atoms with van der Waals surface area (Å²) in [6.07, 6.45) is -0.804. The number of aliphatic hydroxyl groups is 2. The first kappa shape index (κ1) is 68.0. The van der Waals surface area contributed by atoms with Crippen LogP contribution in [-0.4, -0.2) is 140 Å². The Balaban J connectivity index is 0.000000311. The number of carbonyl (C=O) groups is 6. The molecule has 24 heteroatoms. The number of aliphatic carboxylic acids is 2. The molecule has 2 heterocycles. The number of carbonyl (C=O) groups excluding carboxylic acids is 4. The van der Waals surface area contributed by atoms with E-state index in [9.17, 15) is 56.5 Å². The summed E-state index contributed by atoms with van der Waals surface area (Å²) >= 11 is 12.6. The summed E-state index contributed by atoms with van der Waals surface area (Å²) in [6.45, 7) is 16.8. The van der Waals surface area contributed by atoms with E-state index in [2.05, 4.69) is 10.6 Å². The van der Waals surface area contributed by atoms with Crippen molar-refractivity contribution in [1.29, 1.82) is 0 Å². The number of benzene rings is 4. The molecule has 0 bridgehead atoms. The minimum atomic E-state index is -1.26. The van der Waals surface area contributed by atoms with Gasteiger partial charge < -0.3 is 52.3 Å². The lowest BCUT2D eigenvalue weighted by atomic mass is 9.86. The van der Waals surface area contributed by atoms with Gasteiger partial charge in [0.1, 0.15) is 0 Å². The number of nitrogens with one attached hydrogen (secondary N) is 2. The van der Waals surface area contributed by atoms with E-state index in [1.807, 2.05) is 77.3 Å². The third-order valence-electron chi connectivity index (χ3n) is 14.2. The predicted octanol–water partition coefficient (Wildman–Crippen LogP) is 7.78. The number of hydrogen-bond donors (Lipinski definition) is 8. The van der Waals surface area contributed by atoms with Gasteiger partial charge in [-0.25, -0.2) is 27.2 Å². The highest BCUT2D eigenvalue weighted by molar-refractivity contribution is 6.34. The van der Waals surface area contributed by atoms with E-state index in [1.54, 1.807) is 46.2 Å². The Kier molecular flexibility index (Phi) is 25.0. The van der Waals surface area contributed by atoms with Crippen molar-refractivity contribution >= 4 is 81.5 Å². The van der Waals surface area contributed by atoms with E-state index in [0.29, 0.717) is 46.7 Å². The monoisotopic (exact) mass is 1190 g/mol. The molecule has 0 saturated carbocycles. The number of nitrogens with two attached hydrogens (primary N) is 2. The van der Waals surface area contributed by atoms with E-state index in [0.717, 1.165) is 24.3 Å². The lowest BCUT2D eigenvalue weighted by molar-refractivity contribution is -0.134. The number of hydrogen-bond acceptors (Lipinski definition) is 12. The molecule has 4 aromatic rings. The second-order valence-corrected chi connectivity index (χ2v) is 22.9. The van der Waals surface area contributed by atoms with Crippen LogP contribution < -0.4 is 31.9 Å². The molecule has 0 unspecified atom stereocenters. The summed E-state index contributed by atoms with van der Waals surface area (Å²) in [5, 5.41) is 43.6. The zero-order valence-corrected chi connectivity index (χ0v) is 48.5. The van der Waals surface area contributed by atoms with Crippen LogP contribution in [0, 0.1) is 46.9 Å². The molecule has 0 radical (unpaired) electrons. The number of halogens is 6. The number of piperazine rings is 2. The first-order valence-electron chi connectivity index (χ1n) is 26.4. The van der Waals surface area contributed by atoms with E-state index in [4.69, 9.17) is 44.9 Å². The van der Waals surface area contributed by atoms with Crippen molar-refractivity contribution in [3.05, 3.63) is 130 Å². The molecule has 2 fully saturated rings. The maximum absolute atomic E-state index is 13.5. The number of nitrogens with zero attached hydrogens (tertiary/aromatic N) is 4. The molecule has 82 heavy (non-hydrogen) atoms. The van der Waals surface area contributed by atoms with Crippen LogP contribution in [0.15, 0.2) is 97.1 Å². The van der Waals surface area contributed by atoms with Gasteiger partial charge in [-0.2, -0.15) is 0 Å². The van der Waals surface area contributed by atoms with Gasteiger partial charge in [0, 0.05) is 96.8 Å². The summed E-state index contributed by atoms with van der Waals surface area (Å²) < 4.78 is 53.5. The summed E-state index contributed by atoms with van der Waals surface area (Å²) in [5.41, 5.74) is 13.4. The van der Waals surface area contributed by atoms with Gasteiger partial charge in [-0.15, -0.1) is 0 Å². The molecular formula is C58H74Cl2F4N8O10. The third kappa shape index (κ3) is 19.6. The van der Waals surface area contributed by atoms with Gasteiger partial charge in [-0.05, 0) is 101 Å². The van der Waals surface area contributed by atoms with E-state index in [-0.39, 0.29) is 74.0 Å². The van der Waals surface area contributed by atoms with Gasteiger partial charge >= 0.3 is 11.9 Å². The standard InChI is InChI=1S/2C27H35ClF2N4O3.C4H4O4/c2*1-16(2)18(26(37)32-17-9-10-20(29)21(30)11-17)12-24(35)22(31)13-33-14-25(36)34(15-27(33,3)4)23-8-6-5-7-19(23)28;5-3(6)1-2-4(7)8/h2*5-11,16,18,22,24,35H,12-15,31H2,1-4H3,(H,32,37);1-2H,(H,5,6)(H,7,8)/b;;2-1+/t2*18-,22-,24-;/m00./s1. The van der Waals surface area contributed by atoms with Crippen LogP contribution in [0.1, 0.15) is 68.2 Å². The first-order chi connectivity index (χ1) is 38.2.